The summed E-state index contributed by atoms with van der Waals surface area (Å²) in [6.07, 6.45) is 6.57. The average Bonchev–Trinajstić information content (AvgIpc) is 3.36. The summed E-state index contributed by atoms with van der Waals surface area (Å²) in [6.45, 7) is -0.0534. The number of benzene rings is 3. The van der Waals surface area contributed by atoms with Crippen LogP contribution in [0.15, 0.2) is 81.0 Å². The normalized spacial score (nSPS) is 11.1. The largest absolute Gasteiger partial charge is 0.496 e. The van der Waals surface area contributed by atoms with Crippen LogP contribution in [0.1, 0.15) is 5.56 Å². The Morgan fingerprint density at radius 1 is 1.14 bits per heavy atom. The molecule has 3 aromatic carbocycles. The summed E-state index contributed by atoms with van der Waals surface area (Å²) in [5.74, 6) is 3.62. The second-order valence-electron chi connectivity index (χ2n) is 7.77. The Morgan fingerprint density at radius 2 is 1.97 bits per heavy atom. The smallest absolute Gasteiger partial charge is 0.282 e. The predicted octanol–water partition coefficient (Wildman–Crippen LogP) is 4.62. The molecule has 0 unspecified atom stereocenters. The van der Waals surface area contributed by atoms with E-state index in [2.05, 4.69) is 16.0 Å². The van der Waals surface area contributed by atoms with Gasteiger partial charge in [-0.15, -0.1) is 6.42 Å². The molecule has 0 amide bonds. The number of para-hydroxylation sites is 1. The van der Waals surface area contributed by atoms with Crippen molar-refractivity contribution in [3.63, 3.8) is 0 Å². The van der Waals surface area contributed by atoms with Gasteiger partial charge in [0.1, 0.15) is 23.7 Å². The Hall–Kier alpha value is -5.43. The highest BCUT2D eigenvalue weighted by Crippen LogP contribution is 2.33. The van der Waals surface area contributed by atoms with Crippen molar-refractivity contribution in [2.75, 3.05) is 13.7 Å². The summed E-state index contributed by atoms with van der Waals surface area (Å²) in [4.78, 5) is 28.9. The zero-order valence-corrected chi connectivity index (χ0v) is 19.5. The number of hydrogen-bond donors (Lipinski definition) is 0. The minimum absolute atomic E-state index is 0.0534. The third-order valence-electron chi connectivity index (χ3n) is 5.54. The van der Waals surface area contributed by atoms with Crippen LogP contribution in [0.2, 0.25) is 0 Å². The van der Waals surface area contributed by atoms with Gasteiger partial charge in [0.25, 0.3) is 11.2 Å². The molecule has 182 valence electrons. The predicted molar refractivity (Wildman–Crippen MR) is 138 cm³/mol. The number of nitro groups is 1. The van der Waals surface area contributed by atoms with Gasteiger partial charge in [-0.3, -0.25) is 14.9 Å². The fourth-order valence-corrected chi connectivity index (χ4v) is 3.83. The fourth-order valence-electron chi connectivity index (χ4n) is 3.83. The lowest BCUT2D eigenvalue weighted by atomic mass is 10.2. The first-order valence-corrected chi connectivity index (χ1v) is 11.0. The van der Waals surface area contributed by atoms with Crippen molar-refractivity contribution >= 4 is 33.8 Å². The van der Waals surface area contributed by atoms with Crippen LogP contribution in [0.5, 0.6) is 11.5 Å². The molecule has 0 saturated carbocycles. The third-order valence-corrected chi connectivity index (χ3v) is 5.54. The van der Waals surface area contributed by atoms with Gasteiger partial charge in [-0.05, 0) is 36.4 Å². The molecule has 0 atom stereocenters. The van der Waals surface area contributed by atoms with Gasteiger partial charge in [-0.2, -0.15) is 9.78 Å². The van der Waals surface area contributed by atoms with Crippen molar-refractivity contribution in [2.45, 2.75) is 0 Å². The van der Waals surface area contributed by atoms with Gasteiger partial charge in [0.15, 0.2) is 5.76 Å². The first-order valence-electron chi connectivity index (χ1n) is 11.0. The summed E-state index contributed by atoms with van der Waals surface area (Å²) in [7, 11) is 1.55. The molecule has 5 aromatic rings. The molecule has 0 saturated heterocycles. The highest BCUT2D eigenvalue weighted by molar-refractivity contribution is 5.89. The summed E-state index contributed by atoms with van der Waals surface area (Å²) >= 11 is 0. The fraction of sp³-hybridized carbons (Fsp3) is 0.0741. The van der Waals surface area contributed by atoms with Crippen LogP contribution in [0.25, 0.3) is 33.5 Å². The SMILES string of the molecule is C#CCOc1ccc([N+](=O)[O-])cc1C=Nn1c(-c2cc3c(OC)cccc3o2)nc2ccccc2c1=O. The second-order valence-corrected chi connectivity index (χ2v) is 7.77. The monoisotopic (exact) mass is 494 g/mol. The molecule has 10 heteroatoms. The maximum atomic E-state index is 13.5. The summed E-state index contributed by atoms with van der Waals surface area (Å²) in [6, 6.07) is 17.9. The Kier molecular flexibility index (Phi) is 6.10. The Morgan fingerprint density at radius 3 is 2.76 bits per heavy atom. The lowest BCUT2D eigenvalue weighted by Crippen LogP contribution is -2.20. The van der Waals surface area contributed by atoms with Crippen molar-refractivity contribution < 1.29 is 18.8 Å². The number of rotatable bonds is 7. The van der Waals surface area contributed by atoms with E-state index in [0.717, 1.165) is 4.68 Å². The molecule has 0 fully saturated rings. The highest BCUT2D eigenvalue weighted by atomic mass is 16.6. The lowest BCUT2D eigenvalue weighted by Gasteiger charge is -2.08. The molecule has 2 heterocycles. The van der Waals surface area contributed by atoms with E-state index in [0.29, 0.717) is 27.6 Å². The first kappa shape index (κ1) is 23.3. The molecule has 0 aliphatic rings. The molecule has 0 N–H and O–H groups in total. The van der Waals surface area contributed by atoms with Crippen LogP contribution < -0.4 is 15.0 Å². The van der Waals surface area contributed by atoms with Crippen molar-refractivity contribution in [2.24, 2.45) is 5.10 Å². The number of furan rings is 1. The summed E-state index contributed by atoms with van der Waals surface area (Å²) in [5, 5.41) is 16.7. The van der Waals surface area contributed by atoms with Crippen molar-refractivity contribution in [1.82, 2.24) is 9.66 Å². The van der Waals surface area contributed by atoms with E-state index < -0.39 is 10.5 Å². The van der Waals surface area contributed by atoms with Gasteiger partial charge in [-0.25, -0.2) is 4.98 Å². The van der Waals surface area contributed by atoms with E-state index in [1.807, 2.05) is 0 Å². The molecule has 0 spiro atoms. The van der Waals surface area contributed by atoms with Gasteiger partial charge < -0.3 is 13.9 Å². The van der Waals surface area contributed by atoms with E-state index in [1.54, 1.807) is 55.6 Å². The maximum Gasteiger partial charge on any atom is 0.282 e. The Labute approximate surface area is 209 Å². The van der Waals surface area contributed by atoms with Crippen LogP contribution in [-0.4, -0.2) is 34.5 Å². The zero-order valence-electron chi connectivity index (χ0n) is 19.5. The first-order chi connectivity index (χ1) is 18.0. The minimum atomic E-state index is -0.542. The van der Waals surface area contributed by atoms with Gasteiger partial charge in [0.2, 0.25) is 5.82 Å². The molecule has 10 nitrogen and oxygen atoms in total. The molecule has 0 bridgehead atoms. The number of non-ortho nitro benzene ring substituents is 1. The van der Waals surface area contributed by atoms with Crippen LogP contribution in [0, 0.1) is 22.5 Å². The Bertz CT molecular complexity index is 1800. The van der Waals surface area contributed by atoms with Gasteiger partial charge >= 0.3 is 0 Å². The van der Waals surface area contributed by atoms with Crippen LogP contribution >= 0.6 is 0 Å². The van der Waals surface area contributed by atoms with Crippen molar-refractivity contribution in [3.8, 4) is 35.4 Å². The molecule has 5 rings (SSSR count). The second kappa shape index (κ2) is 9.67. The molecular formula is C27H18N4O6. The number of aromatic nitrogens is 2. The number of methoxy groups -OCH3 is 1. The Balaban J connectivity index is 1.72. The van der Waals surface area contributed by atoms with E-state index in [9.17, 15) is 14.9 Å². The number of hydrogen-bond acceptors (Lipinski definition) is 8. The minimum Gasteiger partial charge on any atom is -0.496 e. The highest BCUT2D eigenvalue weighted by Gasteiger charge is 2.18. The quantitative estimate of drug-likeness (QED) is 0.140. The van der Waals surface area contributed by atoms with E-state index in [4.69, 9.17) is 20.3 Å². The van der Waals surface area contributed by atoms with Crippen molar-refractivity contribution in [3.05, 3.63) is 92.8 Å². The molecule has 2 aromatic heterocycles. The third kappa shape index (κ3) is 4.37. The molecular weight excluding hydrogens is 476 g/mol. The van der Waals surface area contributed by atoms with Gasteiger partial charge in [-0.1, -0.05) is 24.1 Å². The number of nitro benzene ring substituents is 1. The summed E-state index contributed by atoms with van der Waals surface area (Å²) in [5.41, 5.74) is 0.608. The summed E-state index contributed by atoms with van der Waals surface area (Å²) < 4.78 is 18.0. The zero-order chi connectivity index (χ0) is 25.9. The number of terminal acetylenes is 1. The van der Waals surface area contributed by atoms with Crippen LogP contribution in [0.3, 0.4) is 0 Å². The number of nitrogens with zero attached hydrogens (tertiary/aromatic N) is 4. The lowest BCUT2D eigenvalue weighted by molar-refractivity contribution is -0.384. The number of ether oxygens (including phenoxy) is 2. The van der Waals surface area contributed by atoms with E-state index in [1.165, 1.54) is 24.4 Å². The standard InChI is InChI=1S/C27H18N4O6/c1-3-13-36-22-12-11-18(31(33)34)14-17(22)16-28-30-26(29-21-8-5-4-7-19(21)27(30)32)25-15-20-23(35-2)9-6-10-24(20)37-25/h1,4-12,14-16H,13H2,2H3. The molecule has 0 radical (unpaired) electrons. The van der Waals surface area contributed by atoms with E-state index in [-0.39, 0.29) is 35.2 Å². The molecule has 37 heavy (non-hydrogen) atoms. The van der Waals surface area contributed by atoms with Crippen LogP contribution in [-0.2, 0) is 0 Å². The average molecular weight is 494 g/mol. The van der Waals surface area contributed by atoms with Gasteiger partial charge in [0.05, 0.1) is 34.5 Å². The maximum absolute atomic E-state index is 13.5. The number of fused-ring (bicyclic) bond motifs is 2. The van der Waals surface area contributed by atoms with Gasteiger partial charge in [0, 0.05) is 17.7 Å². The van der Waals surface area contributed by atoms with Crippen molar-refractivity contribution in [1.29, 1.82) is 0 Å². The van der Waals surface area contributed by atoms with Crippen LogP contribution in [0.4, 0.5) is 5.69 Å². The topological polar surface area (TPSA) is 122 Å². The molecule has 0 aliphatic carbocycles. The molecule has 0 aliphatic heterocycles. The van der Waals surface area contributed by atoms with E-state index >= 15 is 0 Å².